The number of esters is 1. The van der Waals surface area contributed by atoms with E-state index in [2.05, 4.69) is 29.5 Å². The lowest BCUT2D eigenvalue weighted by Gasteiger charge is -2.52. The molecule has 7 atom stereocenters. The van der Waals surface area contributed by atoms with Crippen molar-refractivity contribution in [1.29, 1.82) is 0 Å². The van der Waals surface area contributed by atoms with E-state index in [0.717, 1.165) is 19.3 Å². The Morgan fingerprint density at radius 3 is 2.63 bits per heavy atom. The summed E-state index contributed by atoms with van der Waals surface area (Å²) in [6, 6.07) is 0. The molecular formula is C15H21IO3. The number of carbonyl (C=O) groups excluding carboxylic acids is 2. The molecule has 0 bridgehead atoms. The third-order valence-corrected chi connectivity index (χ3v) is 6.89. The quantitative estimate of drug-likeness (QED) is 0.371. The molecule has 0 radical (unpaired) electrons. The minimum Gasteiger partial charge on any atom is -0.461 e. The molecule has 0 N–H and O–H groups in total. The number of ether oxygens (including phenoxy) is 1. The van der Waals surface area contributed by atoms with Gasteiger partial charge in [-0.2, -0.15) is 0 Å². The van der Waals surface area contributed by atoms with Crippen molar-refractivity contribution in [3.05, 3.63) is 0 Å². The van der Waals surface area contributed by atoms with Gasteiger partial charge < -0.3 is 4.74 Å². The molecule has 1 aliphatic heterocycles. The van der Waals surface area contributed by atoms with E-state index >= 15 is 0 Å². The van der Waals surface area contributed by atoms with Crippen molar-refractivity contribution in [3.8, 4) is 0 Å². The van der Waals surface area contributed by atoms with Crippen molar-refractivity contribution in [2.24, 2.45) is 29.1 Å². The molecular weight excluding hydrogens is 355 g/mol. The summed E-state index contributed by atoms with van der Waals surface area (Å²) in [6.45, 7) is 6.31. The van der Waals surface area contributed by atoms with Crippen molar-refractivity contribution in [2.75, 3.05) is 0 Å². The molecule has 7 unspecified atom stereocenters. The highest BCUT2D eigenvalue weighted by Crippen LogP contribution is 2.57. The molecule has 2 aliphatic carbocycles. The zero-order valence-electron chi connectivity index (χ0n) is 11.7. The monoisotopic (exact) mass is 376 g/mol. The largest absolute Gasteiger partial charge is 0.461 e. The van der Waals surface area contributed by atoms with Crippen LogP contribution in [0.1, 0.15) is 40.0 Å². The third kappa shape index (κ3) is 1.88. The van der Waals surface area contributed by atoms with Gasteiger partial charge in [-0.1, -0.05) is 43.4 Å². The summed E-state index contributed by atoms with van der Waals surface area (Å²) in [5.74, 6) is 0.862. The van der Waals surface area contributed by atoms with E-state index in [1.54, 1.807) is 0 Å². The van der Waals surface area contributed by atoms with E-state index in [0.29, 0.717) is 11.7 Å². The SMILES string of the molecule is CC1C(=O)OC2C1CCC1(C)CC(I)C(=O)C(C)C21. The van der Waals surface area contributed by atoms with Crippen LogP contribution in [0.2, 0.25) is 0 Å². The minimum absolute atomic E-state index is 0.00850. The second-order valence-electron chi connectivity index (χ2n) is 6.94. The Hall–Kier alpha value is -0.130. The molecule has 106 valence electrons. The maximum absolute atomic E-state index is 12.3. The van der Waals surface area contributed by atoms with Crippen molar-refractivity contribution in [2.45, 2.75) is 50.1 Å². The van der Waals surface area contributed by atoms with Gasteiger partial charge in [-0.05, 0) is 24.7 Å². The first-order valence-corrected chi connectivity index (χ1v) is 8.48. The van der Waals surface area contributed by atoms with Crippen LogP contribution in [-0.2, 0) is 14.3 Å². The summed E-state index contributed by atoms with van der Waals surface area (Å²) in [4.78, 5) is 24.2. The average molecular weight is 376 g/mol. The van der Waals surface area contributed by atoms with Crippen LogP contribution in [0, 0.1) is 29.1 Å². The molecule has 0 amide bonds. The topological polar surface area (TPSA) is 43.4 Å². The van der Waals surface area contributed by atoms with Crippen LogP contribution in [0.25, 0.3) is 0 Å². The molecule has 1 heterocycles. The number of alkyl halides is 1. The molecule has 0 aromatic heterocycles. The summed E-state index contributed by atoms with van der Waals surface area (Å²) in [7, 11) is 0. The number of fused-ring (bicyclic) bond motifs is 3. The molecule has 3 rings (SSSR count). The zero-order chi connectivity index (χ0) is 13.9. The summed E-state index contributed by atoms with van der Waals surface area (Å²) in [5, 5.41) is 0. The van der Waals surface area contributed by atoms with Gasteiger partial charge in [-0.15, -0.1) is 0 Å². The predicted octanol–water partition coefficient (Wildman–Crippen LogP) is 2.99. The summed E-state index contributed by atoms with van der Waals surface area (Å²) >= 11 is 2.29. The maximum Gasteiger partial charge on any atom is 0.309 e. The molecule has 19 heavy (non-hydrogen) atoms. The standard InChI is InChI=1S/C15H21IO3/c1-7-9-4-5-15(3)6-10(16)12(17)8(2)11(15)13(9)19-14(7)18/h7-11,13H,4-6H2,1-3H3. The fourth-order valence-corrected chi connectivity index (χ4v) is 6.27. The molecule has 2 saturated carbocycles. The first-order chi connectivity index (χ1) is 8.85. The van der Waals surface area contributed by atoms with Crippen LogP contribution >= 0.6 is 22.6 Å². The number of rotatable bonds is 0. The number of carbonyl (C=O) groups is 2. The van der Waals surface area contributed by atoms with Crippen LogP contribution in [0.15, 0.2) is 0 Å². The highest BCUT2D eigenvalue weighted by molar-refractivity contribution is 14.1. The second-order valence-corrected chi connectivity index (χ2v) is 8.44. The molecule has 3 nitrogen and oxygen atoms in total. The second kappa shape index (κ2) is 4.43. The Morgan fingerprint density at radius 1 is 1.26 bits per heavy atom. The molecule has 0 aromatic carbocycles. The Bertz CT molecular complexity index is 435. The van der Waals surface area contributed by atoms with Gasteiger partial charge in [0.15, 0.2) is 0 Å². The van der Waals surface area contributed by atoms with Crippen LogP contribution < -0.4 is 0 Å². The van der Waals surface area contributed by atoms with E-state index in [4.69, 9.17) is 4.74 Å². The number of ketones is 1. The highest BCUT2D eigenvalue weighted by atomic mass is 127. The zero-order valence-corrected chi connectivity index (χ0v) is 13.8. The van der Waals surface area contributed by atoms with Crippen molar-refractivity contribution >= 4 is 34.3 Å². The number of hydrogen-bond acceptors (Lipinski definition) is 3. The Kier molecular flexibility index (Phi) is 3.23. The van der Waals surface area contributed by atoms with Crippen molar-refractivity contribution in [1.82, 2.24) is 0 Å². The summed E-state index contributed by atoms with van der Waals surface area (Å²) < 4.78 is 5.80. The number of Topliss-reactive ketones (excluding diaryl/α,β-unsaturated/α-hetero) is 1. The molecule has 0 aromatic rings. The normalized spacial score (nSPS) is 53.5. The van der Waals surface area contributed by atoms with E-state index in [9.17, 15) is 9.59 Å². The lowest BCUT2D eigenvalue weighted by Crippen LogP contribution is -2.55. The summed E-state index contributed by atoms with van der Waals surface area (Å²) in [6.07, 6.45) is 3.10. The molecule has 4 heteroatoms. The van der Waals surface area contributed by atoms with Gasteiger partial charge >= 0.3 is 5.97 Å². The van der Waals surface area contributed by atoms with Crippen LogP contribution in [0.3, 0.4) is 0 Å². The minimum atomic E-state index is -0.0597. The fraction of sp³-hybridized carbons (Fsp3) is 0.867. The molecule has 1 saturated heterocycles. The van der Waals surface area contributed by atoms with Gasteiger partial charge in [0, 0.05) is 17.8 Å². The van der Waals surface area contributed by atoms with Gasteiger partial charge in [0.05, 0.1) is 9.84 Å². The number of hydrogen-bond donors (Lipinski definition) is 0. The van der Waals surface area contributed by atoms with E-state index in [1.807, 2.05) is 13.8 Å². The molecule has 3 aliphatic rings. The average Bonchev–Trinajstić information content (AvgIpc) is 2.61. The predicted molar refractivity (Wildman–Crippen MR) is 80.0 cm³/mol. The van der Waals surface area contributed by atoms with Crippen LogP contribution in [0.5, 0.6) is 0 Å². The van der Waals surface area contributed by atoms with E-state index < -0.39 is 0 Å². The van der Waals surface area contributed by atoms with Gasteiger partial charge in [0.2, 0.25) is 0 Å². The van der Waals surface area contributed by atoms with Gasteiger partial charge in [-0.25, -0.2) is 0 Å². The van der Waals surface area contributed by atoms with Crippen molar-refractivity contribution < 1.29 is 14.3 Å². The summed E-state index contributed by atoms with van der Waals surface area (Å²) in [5.41, 5.74) is 0.157. The maximum atomic E-state index is 12.3. The number of halogens is 1. The Labute approximate surface area is 128 Å². The van der Waals surface area contributed by atoms with Gasteiger partial charge in [-0.3, -0.25) is 9.59 Å². The lowest BCUT2D eigenvalue weighted by molar-refractivity contribution is -0.157. The Balaban J connectivity index is 1.96. The first kappa shape index (κ1) is 13.8. The van der Waals surface area contributed by atoms with Crippen LogP contribution in [0.4, 0.5) is 0 Å². The van der Waals surface area contributed by atoms with Gasteiger partial charge in [0.25, 0.3) is 0 Å². The van der Waals surface area contributed by atoms with Crippen molar-refractivity contribution in [3.63, 3.8) is 0 Å². The highest BCUT2D eigenvalue weighted by Gasteiger charge is 2.59. The molecule has 3 fully saturated rings. The van der Waals surface area contributed by atoms with E-state index in [1.165, 1.54) is 0 Å². The molecule has 0 spiro atoms. The Morgan fingerprint density at radius 2 is 1.95 bits per heavy atom. The van der Waals surface area contributed by atoms with Gasteiger partial charge in [0.1, 0.15) is 11.9 Å². The third-order valence-electron chi connectivity index (χ3n) is 5.84. The van der Waals surface area contributed by atoms with Crippen LogP contribution in [-0.4, -0.2) is 21.8 Å². The lowest BCUT2D eigenvalue weighted by atomic mass is 9.53. The van der Waals surface area contributed by atoms with E-state index in [-0.39, 0.29) is 39.2 Å². The fourth-order valence-electron chi connectivity index (χ4n) is 4.70. The first-order valence-electron chi connectivity index (χ1n) is 7.23. The smallest absolute Gasteiger partial charge is 0.309 e.